The molecule has 9 heteroatoms. The van der Waals surface area contributed by atoms with Gasteiger partial charge in [0.25, 0.3) is 0 Å². The summed E-state index contributed by atoms with van der Waals surface area (Å²) < 4.78 is 10.3. The van der Waals surface area contributed by atoms with Gasteiger partial charge in [-0.25, -0.2) is 0 Å². The van der Waals surface area contributed by atoms with Gasteiger partial charge in [-0.3, -0.25) is 0 Å². The van der Waals surface area contributed by atoms with E-state index in [0.717, 1.165) is 0 Å². The van der Waals surface area contributed by atoms with E-state index in [-0.39, 0.29) is 6.71 Å². The van der Waals surface area contributed by atoms with E-state index in [4.69, 9.17) is 4.57 Å². The van der Waals surface area contributed by atoms with Crippen LogP contribution in [-0.4, -0.2) is 72.2 Å². The van der Waals surface area contributed by atoms with Gasteiger partial charge in [0.2, 0.25) is 0 Å². The van der Waals surface area contributed by atoms with Gasteiger partial charge in [0, 0.05) is 0 Å². The summed E-state index contributed by atoms with van der Waals surface area (Å²) in [5, 5.41) is 0. The molecule has 0 amide bonds. The summed E-state index contributed by atoms with van der Waals surface area (Å²) in [5.41, 5.74) is 0. The molecule has 0 fully saturated rings. The molecular weight excluding hydrogens is 615 g/mol. The van der Waals surface area contributed by atoms with Crippen molar-refractivity contribution in [3.8, 4) is 0 Å². The van der Waals surface area contributed by atoms with Crippen LogP contribution in [0.4, 0.5) is 0 Å². The van der Waals surface area contributed by atoms with Crippen LogP contribution in [0.25, 0.3) is 0 Å². The van der Waals surface area contributed by atoms with Crippen LogP contribution in [0.15, 0.2) is 0 Å². The predicted octanol–water partition coefficient (Wildman–Crippen LogP) is 2.28. The summed E-state index contributed by atoms with van der Waals surface area (Å²) in [5.74, 6) is 0. The number of hydrogen-bond acceptors (Lipinski definition) is 4. The molecule has 4 nitrogen and oxygen atoms in total. The Kier molecular flexibility index (Phi) is 43.3. The molecule has 0 saturated carbocycles. The quantitative estimate of drug-likeness (QED) is 0.271. The first-order chi connectivity index (χ1) is 8.22. The summed E-state index contributed by atoms with van der Waals surface area (Å²) in [6.45, 7) is -0.0833. The Labute approximate surface area is 140 Å². The zero-order valence-corrected chi connectivity index (χ0v) is 22.2. The molecule has 0 rings (SSSR count). The van der Waals surface area contributed by atoms with Gasteiger partial charge in [-0.05, 0) is 0 Å². The average Bonchev–Trinajstić information content (AvgIpc) is 2.19. The minimum absolute atomic E-state index is 0.0833. The molecule has 0 spiro atoms. The SMILES string of the molecule is O=[CH][Sn]([CH]=O)[CH]=O.O=[P+]=[Fe].[CH3][Sn]([CH3])[CH3].[CH3][Sn]([CH3])[CH3]. The van der Waals surface area contributed by atoms with Crippen LogP contribution in [0.1, 0.15) is 0 Å². The van der Waals surface area contributed by atoms with Gasteiger partial charge in [-0.15, -0.1) is 0 Å². The van der Waals surface area contributed by atoms with Crippen LogP contribution in [0.5, 0.6) is 0 Å². The molecule has 0 N–H and O–H groups in total. The van der Waals surface area contributed by atoms with Crippen molar-refractivity contribution in [1.82, 2.24) is 0 Å². The Balaban J connectivity index is -0.0000000775. The Morgan fingerprint density at radius 3 is 0.889 bits per heavy atom. The van der Waals surface area contributed by atoms with Crippen LogP contribution >= 0.6 is 6.71 Å². The Bertz CT molecular complexity index is 203. The van der Waals surface area contributed by atoms with Gasteiger partial charge >= 0.3 is 143 Å². The molecule has 105 valence electrons. The first kappa shape index (κ1) is 28.3. The van der Waals surface area contributed by atoms with Crippen molar-refractivity contribution in [2.45, 2.75) is 29.6 Å². The summed E-state index contributed by atoms with van der Waals surface area (Å²) in [4.78, 5) is 43.0. The second kappa shape index (κ2) is 27.5. The van der Waals surface area contributed by atoms with Crippen molar-refractivity contribution < 1.29 is 34.0 Å². The van der Waals surface area contributed by atoms with Gasteiger partial charge < -0.3 is 0 Å². The molecule has 0 unspecified atom stereocenters. The fourth-order valence-corrected chi connectivity index (χ4v) is 0.559. The van der Waals surface area contributed by atoms with Crippen molar-refractivity contribution in [2.75, 3.05) is 0 Å². The molecule has 0 aliphatic carbocycles. The second-order valence-electron chi connectivity index (χ2n) is 3.92. The van der Waals surface area contributed by atoms with Crippen LogP contribution < -0.4 is 0 Å². The normalized spacial score (nSPS) is 7.89. The maximum absolute atomic E-state index is 9.59. The summed E-state index contributed by atoms with van der Waals surface area (Å²) >= 11 is -0.878. The third-order valence-electron chi connectivity index (χ3n) is 0.408. The van der Waals surface area contributed by atoms with Crippen LogP contribution in [-0.2, 0) is 34.0 Å². The molecule has 3 radical (unpaired) electrons. The zero-order chi connectivity index (χ0) is 15.6. The van der Waals surface area contributed by atoms with Crippen molar-refractivity contribution in [2.24, 2.45) is 0 Å². The molecular formula is C9H21FeO4PSn3+. The van der Waals surface area contributed by atoms with E-state index in [0.29, 0.717) is 12.9 Å². The maximum atomic E-state index is 9.59. The van der Waals surface area contributed by atoms with E-state index in [1.807, 2.05) is 0 Å². The van der Waals surface area contributed by atoms with E-state index in [9.17, 15) is 14.4 Å². The van der Waals surface area contributed by atoms with E-state index < -0.39 is 59.3 Å². The van der Waals surface area contributed by atoms with Gasteiger partial charge in [0.05, 0.1) is 0 Å². The van der Waals surface area contributed by atoms with Gasteiger partial charge in [-0.1, -0.05) is 0 Å². The van der Waals surface area contributed by atoms with Gasteiger partial charge in [0.15, 0.2) is 0 Å². The molecule has 0 atom stereocenters. The summed E-state index contributed by atoms with van der Waals surface area (Å²) in [7, 11) is 0. The fraction of sp³-hybridized carbons (Fsp3) is 0.667. The Morgan fingerprint density at radius 1 is 0.778 bits per heavy atom. The zero-order valence-electron chi connectivity index (χ0n) is 11.7. The summed E-state index contributed by atoms with van der Waals surface area (Å²) in [6.07, 6.45) is 0. The van der Waals surface area contributed by atoms with Gasteiger partial charge in [0.1, 0.15) is 0 Å². The van der Waals surface area contributed by atoms with E-state index in [1.54, 1.807) is 0 Å². The molecule has 0 aliphatic rings. The Hall–Kier alpha value is 2.16. The van der Waals surface area contributed by atoms with Gasteiger partial charge in [-0.2, -0.15) is 0 Å². The molecule has 0 aromatic heterocycles. The van der Waals surface area contributed by atoms with Crippen molar-refractivity contribution in [3.63, 3.8) is 0 Å². The Morgan fingerprint density at radius 2 is 0.889 bits per heavy atom. The molecule has 0 saturated heterocycles. The van der Waals surface area contributed by atoms with E-state index in [2.05, 4.69) is 44.7 Å². The molecule has 0 aliphatic heterocycles. The van der Waals surface area contributed by atoms with Crippen molar-refractivity contribution >= 4 is 78.9 Å². The van der Waals surface area contributed by atoms with Crippen molar-refractivity contribution in [3.05, 3.63) is 0 Å². The number of carbonyl (C=O) groups excluding carboxylic acids is 3. The first-order valence-corrected chi connectivity index (χ1v) is 29.1. The predicted molar refractivity (Wildman–Crippen MR) is 80.3 cm³/mol. The van der Waals surface area contributed by atoms with Crippen LogP contribution in [0.3, 0.4) is 0 Å². The van der Waals surface area contributed by atoms with Crippen LogP contribution in [0, 0.1) is 0 Å². The van der Waals surface area contributed by atoms with E-state index >= 15 is 0 Å². The molecule has 0 bridgehead atoms. The minimum atomic E-state index is -2.69. The average molecular weight is 636 g/mol. The summed E-state index contributed by atoms with van der Waals surface area (Å²) in [6, 6.07) is 0. The van der Waals surface area contributed by atoms with E-state index in [1.165, 1.54) is 0 Å². The standard InChI is InChI=1S/3CHO.6CH3.Fe.OP.3Sn/c3*1-2;;;;;;;;1-2;;;/h3*1H;6*1H3;;;;;/q;;;;;;;;;+2;-1;;;. The molecule has 0 aromatic rings. The second-order valence-corrected chi connectivity index (χ2v) is 26.6. The first-order valence-electron chi connectivity index (χ1n) is 4.91. The molecule has 18 heavy (non-hydrogen) atoms. The third kappa shape index (κ3) is 80.3. The number of carbonyl (C=O) groups is 3. The topological polar surface area (TPSA) is 68.3 Å². The number of hydrogen-bond donors (Lipinski definition) is 0. The monoisotopic (exact) mass is 640 g/mol. The molecule has 0 aromatic carbocycles. The third-order valence-corrected chi connectivity index (χ3v) is 2.74. The van der Waals surface area contributed by atoms with Crippen LogP contribution in [0.2, 0.25) is 29.6 Å². The van der Waals surface area contributed by atoms with Crippen molar-refractivity contribution in [1.29, 1.82) is 0 Å². The molecule has 0 heterocycles. The number of rotatable bonds is 3. The fourth-order valence-electron chi connectivity index (χ4n) is 0.0833.